The first-order valence-electron chi connectivity index (χ1n) is 8.84. The van der Waals surface area contributed by atoms with Gasteiger partial charge in [-0.2, -0.15) is 0 Å². The Hall–Kier alpha value is -2.90. The van der Waals surface area contributed by atoms with Gasteiger partial charge in [0.05, 0.1) is 31.2 Å². The van der Waals surface area contributed by atoms with E-state index in [1.165, 1.54) is 0 Å². The highest BCUT2D eigenvalue weighted by atomic mass is 35.5. The number of nitrogens with one attached hydrogen (secondary N) is 2. The summed E-state index contributed by atoms with van der Waals surface area (Å²) in [7, 11) is 0. The van der Waals surface area contributed by atoms with E-state index in [1.807, 2.05) is 31.2 Å². The quantitative estimate of drug-likeness (QED) is 0.686. The van der Waals surface area contributed by atoms with E-state index in [0.717, 1.165) is 22.5 Å². The van der Waals surface area contributed by atoms with Crippen molar-refractivity contribution in [2.75, 3.05) is 24.3 Å². The number of benzene rings is 1. The fourth-order valence-corrected chi connectivity index (χ4v) is 3.18. The summed E-state index contributed by atoms with van der Waals surface area (Å²) in [4.78, 5) is 15.2. The van der Waals surface area contributed by atoms with Gasteiger partial charge in [-0.15, -0.1) is 0 Å². The number of ether oxygens (including phenoxy) is 1. The summed E-state index contributed by atoms with van der Waals surface area (Å²) in [6, 6.07) is 11.2. The molecule has 8 heteroatoms. The first kappa shape index (κ1) is 18.5. The number of aromatic amines is 1. The Kier molecular flexibility index (Phi) is 4.78. The first-order valence-corrected chi connectivity index (χ1v) is 9.22. The third-order valence-electron chi connectivity index (χ3n) is 4.79. The number of hydrogen-bond acceptors (Lipinski definition) is 5. The Morgan fingerprint density at radius 2 is 2.04 bits per heavy atom. The first-order chi connectivity index (χ1) is 13.4. The van der Waals surface area contributed by atoms with E-state index in [-0.39, 0.29) is 17.7 Å². The molecule has 1 fully saturated rings. The highest BCUT2D eigenvalue weighted by molar-refractivity contribution is 6.32. The second-order valence-corrected chi connectivity index (χ2v) is 7.61. The number of nitrogens with two attached hydrogens (primary N) is 1. The lowest BCUT2D eigenvalue weighted by Gasteiger charge is -2.35. The summed E-state index contributed by atoms with van der Waals surface area (Å²) in [5.41, 5.74) is 8.31. The second kappa shape index (κ2) is 7.26. The summed E-state index contributed by atoms with van der Waals surface area (Å²) < 4.78 is 10.6. The SMILES string of the molecule is CC1(c2cc(NC(=O)Cc3ccc(-c4c[nH+]c(N)c(Cl)c4)cc3)no2)COC1. The van der Waals surface area contributed by atoms with Crippen molar-refractivity contribution in [3.8, 4) is 11.1 Å². The van der Waals surface area contributed by atoms with Crippen molar-refractivity contribution in [1.82, 2.24) is 5.16 Å². The van der Waals surface area contributed by atoms with Crippen molar-refractivity contribution in [2.45, 2.75) is 18.8 Å². The molecule has 0 bridgehead atoms. The summed E-state index contributed by atoms with van der Waals surface area (Å²) >= 11 is 6.05. The molecule has 0 aliphatic carbocycles. The van der Waals surface area contributed by atoms with Crippen molar-refractivity contribution in [2.24, 2.45) is 0 Å². The lowest BCUT2D eigenvalue weighted by atomic mass is 9.86. The average Bonchev–Trinajstić information content (AvgIpc) is 3.11. The van der Waals surface area contributed by atoms with Crippen LogP contribution in [0.2, 0.25) is 5.02 Å². The van der Waals surface area contributed by atoms with Crippen LogP contribution in [0.5, 0.6) is 0 Å². The van der Waals surface area contributed by atoms with Crippen molar-refractivity contribution in [3.05, 3.63) is 58.9 Å². The van der Waals surface area contributed by atoms with Crippen molar-refractivity contribution >= 4 is 29.1 Å². The molecule has 0 spiro atoms. The van der Waals surface area contributed by atoms with Gasteiger partial charge >= 0.3 is 0 Å². The third-order valence-corrected chi connectivity index (χ3v) is 5.10. The average molecular weight is 400 g/mol. The third kappa shape index (κ3) is 3.72. The smallest absolute Gasteiger partial charge is 0.289 e. The van der Waals surface area contributed by atoms with E-state index >= 15 is 0 Å². The molecule has 0 unspecified atom stereocenters. The van der Waals surface area contributed by atoms with E-state index in [1.54, 1.807) is 18.3 Å². The number of aromatic nitrogens is 2. The molecule has 1 aromatic carbocycles. The number of hydrogen-bond donors (Lipinski definition) is 2. The van der Waals surface area contributed by atoms with Gasteiger partial charge in [-0.3, -0.25) is 10.5 Å². The Labute approximate surface area is 166 Å². The Balaban J connectivity index is 1.39. The van der Waals surface area contributed by atoms with Crippen LogP contribution in [-0.2, 0) is 21.4 Å². The maximum atomic E-state index is 12.3. The topological polar surface area (TPSA) is 105 Å². The number of halogens is 1. The molecular formula is C20H20ClN4O3+. The zero-order valence-electron chi connectivity index (χ0n) is 15.3. The number of H-pyrrole nitrogens is 1. The van der Waals surface area contributed by atoms with Crippen LogP contribution in [0.25, 0.3) is 11.1 Å². The van der Waals surface area contributed by atoms with Crippen LogP contribution in [-0.4, -0.2) is 24.3 Å². The van der Waals surface area contributed by atoms with Gasteiger partial charge in [0.25, 0.3) is 5.82 Å². The number of anilines is 2. The lowest BCUT2D eigenvalue weighted by Crippen LogP contribution is -2.43. The van der Waals surface area contributed by atoms with Gasteiger partial charge in [0.15, 0.2) is 5.82 Å². The van der Waals surface area contributed by atoms with Gasteiger partial charge in [0.2, 0.25) is 5.91 Å². The summed E-state index contributed by atoms with van der Waals surface area (Å²) in [5, 5.41) is 7.16. The van der Waals surface area contributed by atoms with Crippen LogP contribution >= 0.6 is 11.6 Å². The van der Waals surface area contributed by atoms with Crippen molar-refractivity contribution in [3.63, 3.8) is 0 Å². The Morgan fingerprint density at radius 3 is 2.68 bits per heavy atom. The molecule has 3 aromatic rings. The van der Waals surface area contributed by atoms with E-state index in [0.29, 0.717) is 29.9 Å². The highest BCUT2D eigenvalue weighted by Gasteiger charge is 2.39. The van der Waals surface area contributed by atoms with Crippen molar-refractivity contribution in [1.29, 1.82) is 0 Å². The molecular weight excluding hydrogens is 380 g/mol. The van der Waals surface area contributed by atoms with Gasteiger partial charge < -0.3 is 14.6 Å². The Bertz CT molecular complexity index is 1010. The largest absolute Gasteiger partial charge is 0.379 e. The molecule has 0 saturated carbocycles. The molecule has 4 N–H and O–H groups in total. The predicted molar refractivity (Wildman–Crippen MR) is 105 cm³/mol. The molecule has 3 heterocycles. The maximum Gasteiger partial charge on any atom is 0.289 e. The highest BCUT2D eigenvalue weighted by Crippen LogP contribution is 2.33. The number of amides is 1. The molecule has 1 saturated heterocycles. The normalized spacial score (nSPS) is 15.1. The molecule has 28 heavy (non-hydrogen) atoms. The fraction of sp³-hybridized carbons (Fsp3) is 0.250. The summed E-state index contributed by atoms with van der Waals surface area (Å²) in [6.07, 6.45) is 2.02. The van der Waals surface area contributed by atoms with Crippen molar-refractivity contribution < 1.29 is 19.0 Å². The standard InChI is InChI=1S/C20H19ClN4O3/c1-20(10-27-11-20)16-8-17(25-28-16)24-18(26)6-12-2-4-13(5-3-12)14-7-15(21)19(22)23-9-14/h2-5,7-9H,6,10-11H2,1H3,(H2,22,23)(H,24,25,26)/p+1. The number of rotatable bonds is 5. The van der Waals surface area contributed by atoms with Gasteiger partial charge in [0.1, 0.15) is 10.8 Å². The zero-order chi connectivity index (χ0) is 19.7. The summed E-state index contributed by atoms with van der Waals surface area (Å²) in [5.74, 6) is 1.40. The number of carbonyl (C=O) groups is 1. The van der Waals surface area contributed by atoms with Crippen LogP contribution in [0, 0.1) is 0 Å². The predicted octanol–water partition coefficient (Wildman–Crippen LogP) is 2.86. The molecule has 4 rings (SSSR count). The van der Waals surface area contributed by atoms with E-state index in [4.69, 9.17) is 26.6 Å². The molecule has 1 aliphatic heterocycles. The lowest BCUT2D eigenvalue weighted by molar-refractivity contribution is -0.359. The van der Waals surface area contributed by atoms with Gasteiger partial charge in [-0.05, 0) is 24.1 Å². The van der Waals surface area contributed by atoms with Gasteiger partial charge in [-0.1, -0.05) is 41.0 Å². The van der Waals surface area contributed by atoms with E-state index in [9.17, 15) is 4.79 Å². The molecule has 0 atom stereocenters. The molecule has 7 nitrogen and oxygen atoms in total. The minimum atomic E-state index is -0.161. The van der Waals surface area contributed by atoms with Crippen LogP contribution < -0.4 is 16.0 Å². The molecule has 0 radical (unpaired) electrons. The zero-order valence-corrected chi connectivity index (χ0v) is 16.0. The molecule has 144 valence electrons. The molecule has 1 amide bonds. The van der Waals surface area contributed by atoms with Crippen LogP contribution in [0.4, 0.5) is 11.6 Å². The second-order valence-electron chi connectivity index (χ2n) is 7.20. The summed E-state index contributed by atoms with van der Waals surface area (Å²) in [6.45, 7) is 3.23. The van der Waals surface area contributed by atoms with E-state index in [2.05, 4.69) is 15.5 Å². The molecule has 2 aromatic heterocycles. The van der Waals surface area contributed by atoms with Gasteiger partial charge in [0, 0.05) is 11.6 Å². The number of nitrogen functional groups attached to an aromatic ring is 1. The minimum absolute atomic E-state index is 0.158. The van der Waals surface area contributed by atoms with Gasteiger partial charge in [-0.25, -0.2) is 4.98 Å². The van der Waals surface area contributed by atoms with Crippen LogP contribution in [0.3, 0.4) is 0 Å². The minimum Gasteiger partial charge on any atom is -0.379 e. The van der Waals surface area contributed by atoms with Crippen LogP contribution in [0.15, 0.2) is 47.1 Å². The Morgan fingerprint density at radius 1 is 1.29 bits per heavy atom. The number of pyridine rings is 1. The molecule has 1 aliphatic rings. The number of nitrogens with zero attached hydrogens (tertiary/aromatic N) is 1. The monoisotopic (exact) mass is 399 g/mol. The fourth-order valence-electron chi connectivity index (χ4n) is 3.00. The van der Waals surface area contributed by atoms with E-state index < -0.39 is 0 Å². The van der Waals surface area contributed by atoms with Crippen LogP contribution in [0.1, 0.15) is 18.2 Å². The number of carbonyl (C=O) groups excluding carboxylic acids is 1. The maximum absolute atomic E-state index is 12.3.